The van der Waals surface area contributed by atoms with E-state index in [0.717, 1.165) is 56.3 Å². The van der Waals surface area contributed by atoms with Crippen molar-refractivity contribution in [1.82, 2.24) is 34.5 Å². The molecule has 0 spiro atoms. The fraction of sp³-hybridized carbons (Fsp3) is 0.0133. The van der Waals surface area contributed by atoms with E-state index in [0.29, 0.717) is 17.1 Å². The Kier molecular flexibility index (Phi) is 11.5. The van der Waals surface area contributed by atoms with Crippen LogP contribution in [0.2, 0.25) is 5.28 Å². The van der Waals surface area contributed by atoms with Crippen molar-refractivity contribution in [2.75, 3.05) is 0 Å². The zero-order valence-corrected chi connectivity index (χ0v) is 45.3. The minimum Gasteiger partial charge on any atom is -0.278 e. The Morgan fingerprint density at radius 1 is 0.398 bits per heavy atom. The molecular weight excluding hydrogens is 1030 g/mol. The lowest BCUT2D eigenvalue weighted by molar-refractivity contribution is 0.999. The molecule has 18 rings (SSSR count). The van der Waals surface area contributed by atoms with E-state index in [1.54, 1.807) is 12.4 Å². The van der Waals surface area contributed by atoms with Gasteiger partial charge in [-0.3, -0.25) is 4.57 Å². The van der Waals surface area contributed by atoms with E-state index >= 15 is 0 Å². The van der Waals surface area contributed by atoms with Crippen LogP contribution in [-0.2, 0) is 6.42 Å². The van der Waals surface area contributed by atoms with Crippen LogP contribution in [0, 0.1) is 6.08 Å². The van der Waals surface area contributed by atoms with Gasteiger partial charge in [-0.2, -0.15) is 4.98 Å². The Labute approximate surface area is 481 Å². The van der Waals surface area contributed by atoms with Crippen molar-refractivity contribution in [3.63, 3.8) is 0 Å². The van der Waals surface area contributed by atoms with Gasteiger partial charge in [0.15, 0.2) is 5.65 Å². The van der Waals surface area contributed by atoms with E-state index in [1.807, 2.05) is 42.5 Å². The molecule has 386 valence electrons. The van der Waals surface area contributed by atoms with E-state index in [4.69, 9.17) is 21.6 Å². The molecule has 4 aromatic heterocycles. The molecule has 0 unspecified atom stereocenters. The average molecular weight is 1080 g/mol. The topological polar surface area (TPSA) is 82.3 Å². The van der Waals surface area contributed by atoms with Crippen LogP contribution in [-0.4, -0.2) is 34.5 Å². The van der Waals surface area contributed by atoms with Crippen LogP contribution >= 0.6 is 11.6 Å². The molecule has 0 atom stereocenters. The molecule has 16 aromatic rings. The normalized spacial score (nSPS) is 12.2. The van der Waals surface area contributed by atoms with Gasteiger partial charge in [-0.1, -0.05) is 170 Å². The summed E-state index contributed by atoms with van der Waals surface area (Å²) in [6.07, 6.45) is 13.8. The summed E-state index contributed by atoms with van der Waals surface area (Å²) in [5.74, 6) is 0.576. The number of allylic oxidation sites excluding steroid dienone is 2. The molecular formula is C75H45ClN7+. The van der Waals surface area contributed by atoms with Gasteiger partial charge in [-0.25, -0.2) is 24.9 Å². The zero-order valence-electron chi connectivity index (χ0n) is 44.5. The Morgan fingerprint density at radius 3 is 1.57 bits per heavy atom. The second-order valence-electron chi connectivity index (χ2n) is 21.2. The summed E-state index contributed by atoms with van der Waals surface area (Å²) < 4.78 is 2.18. The van der Waals surface area contributed by atoms with Gasteiger partial charge >= 0.3 is 0 Å². The number of aromatic nitrogens is 7. The molecule has 2 aliphatic carbocycles. The minimum atomic E-state index is 0.275. The van der Waals surface area contributed by atoms with Gasteiger partial charge in [-0.15, -0.1) is 0 Å². The third kappa shape index (κ3) is 8.59. The van der Waals surface area contributed by atoms with Gasteiger partial charge < -0.3 is 0 Å². The molecule has 0 saturated carbocycles. The highest BCUT2D eigenvalue weighted by molar-refractivity contribution is 6.29. The summed E-state index contributed by atoms with van der Waals surface area (Å²) in [5.41, 5.74) is 16.2. The largest absolute Gasteiger partial charge is 0.278 e. The fourth-order valence-corrected chi connectivity index (χ4v) is 12.4. The van der Waals surface area contributed by atoms with Crippen LogP contribution in [0.1, 0.15) is 22.3 Å². The van der Waals surface area contributed by atoms with E-state index in [-0.39, 0.29) is 5.28 Å². The first-order valence-corrected chi connectivity index (χ1v) is 28.1. The summed E-state index contributed by atoms with van der Waals surface area (Å²) in [7, 11) is 0. The first-order chi connectivity index (χ1) is 41.0. The number of rotatable bonds is 3. The van der Waals surface area contributed by atoms with Crippen LogP contribution < -0.4 is 0 Å². The van der Waals surface area contributed by atoms with Crippen molar-refractivity contribution >= 4 is 121 Å². The maximum atomic E-state index is 6.07. The monoisotopic (exact) mass is 1080 g/mol. The molecule has 0 radical (unpaired) electrons. The number of fused-ring (bicyclic) bond motifs is 14. The summed E-state index contributed by atoms with van der Waals surface area (Å²) in [4.78, 5) is 28.2. The van der Waals surface area contributed by atoms with E-state index in [9.17, 15) is 0 Å². The number of hydrogen-bond acceptors (Lipinski definition) is 6. The average Bonchev–Trinajstić information content (AvgIpc) is 2.35. The molecule has 2 aliphatic rings. The van der Waals surface area contributed by atoms with Crippen molar-refractivity contribution in [1.29, 1.82) is 0 Å². The first kappa shape index (κ1) is 48.1. The van der Waals surface area contributed by atoms with Gasteiger partial charge in [0.2, 0.25) is 11.2 Å². The molecule has 83 heavy (non-hydrogen) atoms. The molecule has 8 heteroatoms. The van der Waals surface area contributed by atoms with Crippen LogP contribution in [0.15, 0.2) is 249 Å². The second-order valence-corrected chi connectivity index (χ2v) is 21.5. The third-order valence-corrected chi connectivity index (χ3v) is 16.4. The molecule has 0 bridgehead atoms. The number of benzene rings is 12. The number of nitrogens with zero attached hydrogens (tertiary/aromatic N) is 7. The molecule has 0 fully saturated rings. The van der Waals surface area contributed by atoms with Gasteiger partial charge in [0.05, 0.1) is 39.4 Å². The minimum absolute atomic E-state index is 0.275. The van der Waals surface area contributed by atoms with E-state index in [2.05, 4.69) is 237 Å². The summed E-state index contributed by atoms with van der Waals surface area (Å²) in [5, 5.41) is 15.8. The first-order valence-electron chi connectivity index (χ1n) is 27.7. The van der Waals surface area contributed by atoms with E-state index in [1.165, 1.54) is 92.6 Å². The van der Waals surface area contributed by atoms with Gasteiger partial charge in [-0.05, 0) is 149 Å². The summed E-state index contributed by atoms with van der Waals surface area (Å²) in [6.45, 7) is 0. The quantitative estimate of drug-likeness (QED) is 0.129. The van der Waals surface area contributed by atoms with Gasteiger partial charge in [0, 0.05) is 51.8 Å². The predicted octanol–water partition coefficient (Wildman–Crippen LogP) is 19.0. The van der Waals surface area contributed by atoms with Gasteiger partial charge in [0.25, 0.3) is 0 Å². The maximum Gasteiger partial charge on any atom is 0.237 e. The van der Waals surface area contributed by atoms with Crippen LogP contribution in [0.3, 0.4) is 0 Å². The van der Waals surface area contributed by atoms with E-state index < -0.39 is 0 Å². The fourth-order valence-electron chi connectivity index (χ4n) is 12.2. The summed E-state index contributed by atoms with van der Waals surface area (Å²) >= 11 is 6.07. The zero-order chi connectivity index (χ0) is 55.0. The van der Waals surface area contributed by atoms with Gasteiger partial charge in [0.1, 0.15) is 23.4 Å². The van der Waals surface area contributed by atoms with Crippen molar-refractivity contribution < 1.29 is 0 Å². The Hall–Kier alpha value is -10.8. The molecule has 0 aliphatic heterocycles. The molecule has 0 amide bonds. The number of para-hydroxylation sites is 1. The maximum absolute atomic E-state index is 6.07. The molecule has 0 N–H and O–H groups in total. The summed E-state index contributed by atoms with van der Waals surface area (Å²) in [6, 6.07) is 81.3. The third-order valence-electron chi connectivity index (χ3n) is 16.2. The molecule has 7 nitrogen and oxygen atoms in total. The smallest absolute Gasteiger partial charge is 0.237 e. The van der Waals surface area contributed by atoms with Crippen LogP contribution in [0.5, 0.6) is 0 Å². The van der Waals surface area contributed by atoms with Crippen molar-refractivity contribution in [3.8, 4) is 39.6 Å². The molecule has 0 saturated heterocycles. The molecule has 4 heterocycles. The van der Waals surface area contributed by atoms with Crippen molar-refractivity contribution in [2.24, 2.45) is 0 Å². The highest BCUT2D eigenvalue weighted by Crippen LogP contribution is 2.42. The highest BCUT2D eigenvalue weighted by Gasteiger charge is 2.24. The lowest BCUT2D eigenvalue weighted by atomic mass is 9.95. The Bertz CT molecular complexity index is 5320. The molecule has 12 aromatic carbocycles. The second kappa shape index (κ2) is 19.8. The number of halogens is 1. The number of hydrogen-bond donors (Lipinski definition) is 0. The lowest BCUT2D eigenvalue weighted by Gasteiger charge is -2.11. The predicted molar refractivity (Wildman–Crippen MR) is 344 cm³/mol. The van der Waals surface area contributed by atoms with Crippen molar-refractivity contribution in [2.45, 2.75) is 6.42 Å². The van der Waals surface area contributed by atoms with Crippen molar-refractivity contribution in [3.05, 3.63) is 283 Å². The SMILES string of the molecule is Clc1nc(-c2ccc3ccccc3c2)c2ccccc2n1.[C+]1=Cc2cc3c(cc2C=C1)-c1cc2ccccc2cc1C3.c1ccc2cc(-c3nc(-n4c5cc6ccccc6cc5c5cc6ccccc6cc54)nc4nccnc34)ccc2c1. The Balaban J connectivity index is 0.000000113. The Morgan fingerprint density at radius 2 is 0.916 bits per heavy atom. The van der Waals surface area contributed by atoms with Crippen LogP contribution in [0.4, 0.5) is 0 Å². The van der Waals surface area contributed by atoms with Crippen LogP contribution in [0.25, 0.3) is 149 Å². The standard InChI is InChI=1S/C36H21N5.C21H13.C18H11ClN2/c1-2-8-23-17-28(14-13-22(23)7-1)33-34-35(38-16-15-37-34)40-36(39-33)41-31-20-26-11-5-3-9-24(26)18-29(31)30-19-25-10-4-6-12-27(25)21-32(30)41;1-3-7-16-12-20-18(9-14(16)5-1)11-19-10-15-6-2-4-8-17(15)13-21(19)20;19-18-20-16-8-4-3-7-15(16)17(21-18)14-10-9-12-5-1-2-6-13(12)11-14/h1-21H;1,3-10,12-13H,11H2;1-11H/q;+1;. The lowest BCUT2D eigenvalue weighted by Crippen LogP contribution is -2.05. The highest BCUT2D eigenvalue weighted by atomic mass is 35.5.